The first kappa shape index (κ1) is 15.8. The molecule has 2 atom stereocenters. The number of sulfonamides is 1. The second-order valence-electron chi connectivity index (χ2n) is 6.77. The molecule has 128 valence electrons. The van der Waals surface area contributed by atoms with Crippen molar-refractivity contribution in [1.29, 1.82) is 0 Å². The predicted molar refractivity (Wildman–Crippen MR) is 87.5 cm³/mol. The van der Waals surface area contributed by atoms with Crippen molar-refractivity contribution in [3.8, 4) is 0 Å². The van der Waals surface area contributed by atoms with Gasteiger partial charge in [-0.1, -0.05) is 12.1 Å². The van der Waals surface area contributed by atoms with Crippen LogP contribution < -0.4 is 0 Å². The fourth-order valence-electron chi connectivity index (χ4n) is 4.11. The maximum atomic E-state index is 14.0. The second-order valence-corrected chi connectivity index (χ2v) is 8.58. The lowest BCUT2D eigenvalue weighted by Gasteiger charge is -2.38. The number of aromatic nitrogens is 2. The van der Waals surface area contributed by atoms with Crippen molar-refractivity contribution in [3.05, 3.63) is 48.0 Å². The summed E-state index contributed by atoms with van der Waals surface area (Å²) < 4.78 is 43.5. The van der Waals surface area contributed by atoms with Crippen LogP contribution in [0.5, 0.6) is 0 Å². The molecule has 7 heteroatoms. The summed E-state index contributed by atoms with van der Waals surface area (Å²) >= 11 is 0. The Morgan fingerprint density at radius 3 is 2.38 bits per heavy atom. The Labute approximate surface area is 141 Å². The molecule has 0 spiro atoms. The normalized spacial score (nSPS) is 27.5. The van der Waals surface area contributed by atoms with Crippen LogP contribution in [0.25, 0.3) is 0 Å². The number of hydrogen-bond acceptors (Lipinski definition) is 3. The molecule has 2 aromatic rings. The molecule has 2 unspecified atom stereocenters. The zero-order valence-corrected chi connectivity index (χ0v) is 14.3. The molecule has 0 aliphatic carbocycles. The summed E-state index contributed by atoms with van der Waals surface area (Å²) in [5.41, 5.74) is 1.10. The molecule has 0 N–H and O–H groups in total. The van der Waals surface area contributed by atoms with Gasteiger partial charge in [-0.05, 0) is 50.3 Å². The van der Waals surface area contributed by atoms with Crippen molar-refractivity contribution in [3.63, 3.8) is 0 Å². The highest BCUT2D eigenvalue weighted by atomic mass is 32.2. The molecule has 2 fully saturated rings. The minimum atomic E-state index is -3.80. The molecule has 1 aromatic heterocycles. The van der Waals surface area contributed by atoms with Gasteiger partial charge in [-0.25, -0.2) is 12.8 Å². The quantitative estimate of drug-likeness (QED) is 0.856. The maximum Gasteiger partial charge on any atom is 0.246 e. The van der Waals surface area contributed by atoms with Crippen molar-refractivity contribution in [2.75, 3.05) is 0 Å². The van der Waals surface area contributed by atoms with Crippen LogP contribution in [0, 0.1) is 12.7 Å². The molecule has 4 rings (SSSR count). The topological polar surface area (TPSA) is 55.2 Å². The lowest BCUT2D eigenvalue weighted by Crippen LogP contribution is -2.47. The monoisotopic (exact) mass is 349 g/mol. The van der Waals surface area contributed by atoms with Gasteiger partial charge >= 0.3 is 0 Å². The highest BCUT2D eigenvalue weighted by Crippen LogP contribution is 2.43. The molecule has 5 nitrogen and oxygen atoms in total. The Morgan fingerprint density at radius 1 is 1.12 bits per heavy atom. The number of aryl methyl sites for hydroxylation is 1. The van der Waals surface area contributed by atoms with E-state index in [1.807, 2.05) is 24.0 Å². The third-order valence-electron chi connectivity index (χ3n) is 5.14. The van der Waals surface area contributed by atoms with Gasteiger partial charge in [0.15, 0.2) is 0 Å². The maximum absolute atomic E-state index is 14.0. The Hall–Kier alpha value is -1.73. The number of rotatable bonds is 3. The first-order valence-corrected chi connectivity index (χ1v) is 9.69. The van der Waals surface area contributed by atoms with Crippen molar-refractivity contribution in [2.24, 2.45) is 0 Å². The SMILES string of the molecule is Cc1cnn(C2CC3CCC(C2)N3S(=O)(=O)c2ccccc2F)c1. The van der Waals surface area contributed by atoms with Crippen LogP contribution >= 0.6 is 0 Å². The number of halogens is 1. The standard InChI is InChI=1S/C17H20FN3O2S/c1-12-10-19-20(11-12)15-8-13-6-7-14(9-15)21(13)24(22,23)17-5-3-2-4-16(17)18/h2-5,10-11,13-15H,6-9H2,1H3. The molecular weight excluding hydrogens is 329 g/mol. The molecule has 2 aliphatic heterocycles. The number of benzene rings is 1. The molecule has 2 aliphatic rings. The Morgan fingerprint density at radius 2 is 1.79 bits per heavy atom. The van der Waals surface area contributed by atoms with Crippen LogP contribution in [0.2, 0.25) is 0 Å². The molecular formula is C17H20FN3O2S. The summed E-state index contributed by atoms with van der Waals surface area (Å²) in [5.74, 6) is -0.679. The van der Waals surface area contributed by atoms with Crippen LogP contribution in [0.4, 0.5) is 4.39 Å². The van der Waals surface area contributed by atoms with Gasteiger partial charge in [0.25, 0.3) is 0 Å². The molecule has 1 aromatic carbocycles. The van der Waals surface area contributed by atoms with Crippen molar-refractivity contribution in [2.45, 2.75) is 55.6 Å². The van der Waals surface area contributed by atoms with Gasteiger partial charge in [0.1, 0.15) is 10.7 Å². The number of hydrogen-bond donors (Lipinski definition) is 0. The number of nitrogens with zero attached hydrogens (tertiary/aromatic N) is 3. The minimum Gasteiger partial charge on any atom is -0.269 e. The second kappa shape index (κ2) is 5.67. The zero-order chi connectivity index (χ0) is 16.9. The number of piperidine rings is 1. The van der Waals surface area contributed by atoms with Gasteiger partial charge in [-0.15, -0.1) is 0 Å². The van der Waals surface area contributed by atoms with E-state index in [1.165, 1.54) is 18.2 Å². The van der Waals surface area contributed by atoms with Crippen LogP contribution in [0.15, 0.2) is 41.6 Å². The third kappa shape index (κ3) is 2.46. The molecule has 2 saturated heterocycles. The summed E-state index contributed by atoms with van der Waals surface area (Å²) in [6, 6.07) is 5.68. The smallest absolute Gasteiger partial charge is 0.246 e. The average molecular weight is 349 g/mol. The summed E-state index contributed by atoms with van der Waals surface area (Å²) in [5, 5.41) is 4.38. The van der Waals surface area contributed by atoms with Gasteiger partial charge < -0.3 is 0 Å². The van der Waals surface area contributed by atoms with Gasteiger partial charge in [0.05, 0.1) is 12.2 Å². The largest absolute Gasteiger partial charge is 0.269 e. The zero-order valence-electron chi connectivity index (χ0n) is 13.5. The highest BCUT2D eigenvalue weighted by Gasteiger charge is 2.48. The summed E-state index contributed by atoms with van der Waals surface area (Å²) in [7, 11) is -3.80. The van der Waals surface area contributed by atoms with E-state index in [-0.39, 0.29) is 23.0 Å². The van der Waals surface area contributed by atoms with E-state index < -0.39 is 15.8 Å². The van der Waals surface area contributed by atoms with E-state index in [4.69, 9.17) is 0 Å². The summed E-state index contributed by atoms with van der Waals surface area (Å²) in [4.78, 5) is -0.213. The van der Waals surface area contributed by atoms with Crippen molar-refractivity contribution in [1.82, 2.24) is 14.1 Å². The molecule has 0 saturated carbocycles. The first-order chi connectivity index (χ1) is 11.5. The molecule has 24 heavy (non-hydrogen) atoms. The fraction of sp³-hybridized carbons (Fsp3) is 0.471. The van der Waals surface area contributed by atoms with Gasteiger partial charge in [0.2, 0.25) is 10.0 Å². The van der Waals surface area contributed by atoms with Crippen LogP contribution in [-0.2, 0) is 10.0 Å². The van der Waals surface area contributed by atoms with Gasteiger partial charge in [-0.2, -0.15) is 9.40 Å². The average Bonchev–Trinajstić information content (AvgIpc) is 3.09. The Kier molecular flexibility index (Phi) is 3.73. The fourth-order valence-corrected chi connectivity index (χ4v) is 6.07. The van der Waals surface area contributed by atoms with E-state index in [2.05, 4.69) is 5.10 Å². The Balaban J connectivity index is 1.64. The molecule has 2 bridgehead atoms. The summed E-state index contributed by atoms with van der Waals surface area (Å²) in [6.45, 7) is 2.00. The lowest BCUT2D eigenvalue weighted by atomic mass is 10.00. The third-order valence-corrected chi connectivity index (χ3v) is 7.18. The summed E-state index contributed by atoms with van der Waals surface area (Å²) in [6.07, 6.45) is 6.94. The van der Waals surface area contributed by atoms with Crippen LogP contribution in [-0.4, -0.2) is 34.6 Å². The molecule has 3 heterocycles. The van der Waals surface area contributed by atoms with E-state index >= 15 is 0 Å². The number of fused-ring (bicyclic) bond motifs is 2. The van der Waals surface area contributed by atoms with Crippen LogP contribution in [0.3, 0.4) is 0 Å². The van der Waals surface area contributed by atoms with E-state index in [1.54, 1.807) is 10.4 Å². The Bertz CT molecular complexity index is 850. The molecule has 0 radical (unpaired) electrons. The van der Waals surface area contributed by atoms with Crippen molar-refractivity contribution < 1.29 is 12.8 Å². The van der Waals surface area contributed by atoms with E-state index in [9.17, 15) is 12.8 Å². The minimum absolute atomic E-state index is 0.0807. The molecule has 0 amide bonds. The van der Waals surface area contributed by atoms with E-state index in [0.29, 0.717) is 0 Å². The first-order valence-electron chi connectivity index (χ1n) is 8.25. The van der Waals surface area contributed by atoms with E-state index in [0.717, 1.165) is 31.2 Å². The van der Waals surface area contributed by atoms with Gasteiger partial charge in [-0.3, -0.25) is 4.68 Å². The highest BCUT2D eigenvalue weighted by molar-refractivity contribution is 7.89. The van der Waals surface area contributed by atoms with Gasteiger partial charge in [0, 0.05) is 18.3 Å². The lowest BCUT2D eigenvalue weighted by molar-refractivity contribution is 0.184. The van der Waals surface area contributed by atoms with Crippen molar-refractivity contribution >= 4 is 10.0 Å². The van der Waals surface area contributed by atoms with Crippen LogP contribution in [0.1, 0.15) is 37.3 Å². The predicted octanol–water partition coefficient (Wildman–Crippen LogP) is 2.89.